The van der Waals surface area contributed by atoms with E-state index in [1.165, 1.54) is 6.20 Å². The highest BCUT2D eigenvalue weighted by molar-refractivity contribution is 7.99. The van der Waals surface area contributed by atoms with Crippen LogP contribution in [0.25, 0.3) is 16.6 Å². The molecule has 0 N–H and O–H groups in total. The molecule has 0 spiro atoms. The Morgan fingerprint density at radius 1 is 1.17 bits per heavy atom. The Morgan fingerprint density at radius 3 is 2.69 bits per heavy atom. The molecule has 5 heterocycles. The molecule has 0 bridgehead atoms. The van der Waals surface area contributed by atoms with Crippen LogP contribution >= 0.6 is 11.8 Å². The maximum Gasteiger partial charge on any atom is 0.158 e. The van der Waals surface area contributed by atoms with Gasteiger partial charge in [-0.25, -0.2) is 18.3 Å². The molecular formula is C25H25F2N7S. The Morgan fingerprint density at radius 2 is 1.97 bits per heavy atom. The van der Waals surface area contributed by atoms with E-state index in [1.807, 2.05) is 18.5 Å². The Bertz CT molecular complexity index is 1470. The zero-order valence-corrected chi connectivity index (χ0v) is 20.8. The van der Waals surface area contributed by atoms with Crippen molar-refractivity contribution in [1.29, 1.82) is 5.26 Å². The highest BCUT2D eigenvalue weighted by Crippen LogP contribution is 2.38. The number of nitriles is 1. The largest absolute Gasteiger partial charge is 0.301 e. The molecule has 1 fully saturated rings. The predicted molar refractivity (Wildman–Crippen MR) is 129 cm³/mol. The van der Waals surface area contributed by atoms with E-state index in [-0.39, 0.29) is 10.6 Å². The minimum atomic E-state index is -0.759. The van der Waals surface area contributed by atoms with Gasteiger partial charge in [0, 0.05) is 46.1 Å². The summed E-state index contributed by atoms with van der Waals surface area (Å²) in [5.74, 6) is -1.50. The first-order chi connectivity index (χ1) is 16.7. The maximum atomic E-state index is 14.4. The van der Waals surface area contributed by atoms with E-state index in [0.29, 0.717) is 22.0 Å². The fourth-order valence-electron chi connectivity index (χ4n) is 4.74. The van der Waals surface area contributed by atoms with Crippen LogP contribution in [0.3, 0.4) is 0 Å². The lowest BCUT2D eigenvalue weighted by Gasteiger charge is -2.43. The second-order valence-electron chi connectivity index (χ2n) is 9.57. The third kappa shape index (κ3) is 4.19. The van der Waals surface area contributed by atoms with E-state index in [4.69, 9.17) is 5.10 Å². The Hall–Kier alpha value is -3.29. The SMILES string of the molecule is Cc1c(-c2cc(Sc3ncc(F)cc3F)c3c(C#N)cnn3c2)cnn1[C@@H]1CCN(C)C(C)(C)C1. The van der Waals surface area contributed by atoms with Crippen molar-refractivity contribution in [1.82, 2.24) is 29.3 Å². The quantitative estimate of drug-likeness (QED) is 0.387. The molecule has 5 rings (SSSR count). The number of hydrogen-bond acceptors (Lipinski definition) is 6. The molecule has 4 aromatic rings. The standard InChI is InChI=1S/C25H25F2N7S/c1-15-20(13-31-34(15)19-5-6-32(4)25(2,3)9-19)16-7-22(23-17(10-28)11-30-33(23)14-16)35-24-21(27)8-18(26)12-29-24/h7-8,11-14,19H,5-6,9H2,1-4H3/t19-/m1/s1. The van der Waals surface area contributed by atoms with Crippen molar-refractivity contribution in [2.24, 2.45) is 0 Å². The molecule has 35 heavy (non-hydrogen) atoms. The predicted octanol–water partition coefficient (Wildman–Crippen LogP) is 5.25. The number of fused-ring (bicyclic) bond motifs is 1. The van der Waals surface area contributed by atoms with Crippen molar-refractivity contribution >= 4 is 17.3 Å². The zero-order chi connectivity index (χ0) is 24.9. The normalized spacial score (nSPS) is 18.1. The van der Waals surface area contributed by atoms with Crippen LogP contribution in [-0.2, 0) is 0 Å². The lowest BCUT2D eigenvalue weighted by molar-refractivity contribution is 0.0712. The molecule has 0 amide bonds. The lowest BCUT2D eigenvalue weighted by Crippen LogP contribution is -2.48. The van der Waals surface area contributed by atoms with E-state index in [2.05, 4.69) is 53.6 Å². The molecule has 1 aliphatic rings. The average molecular weight is 494 g/mol. The van der Waals surface area contributed by atoms with E-state index < -0.39 is 11.6 Å². The molecule has 0 aromatic carbocycles. The van der Waals surface area contributed by atoms with Gasteiger partial charge in [0.2, 0.25) is 0 Å². The van der Waals surface area contributed by atoms with E-state index in [1.54, 1.807) is 4.52 Å². The summed E-state index contributed by atoms with van der Waals surface area (Å²) < 4.78 is 31.5. The number of nitrogens with zero attached hydrogens (tertiary/aromatic N) is 7. The number of piperidine rings is 1. The minimum Gasteiger partial charge on any atom is -0.301 e. The summed E-state index contributed by atoms with van der Waals surface area (Å²) in [6, 6.07) is 5.12. The number of rotatable bonds is 4. The number of likely N-dealkylation sites (tertiary alicyclic amines) is 1. The van der Waals surface area contributed by atoms with Gasteiger partial charge in [0.25, 0.3) is 0 Å². The van der Waals surface area contributed by atoms with Crippen molar-refractivity contribution in [3.63, 3.8) is 0 Å². The molecule has 1 atom stereocenters. The third-order valence-electron chi connectivity index (χ3n) is 6.95. The van der Waals surface area contributed by atoms with Gasteiger partial charge in [-0.3, -0.25) is 4.68 Å². The summed E-state index contributed by atoms with van der Waals surface area (Å²) in [6.07, 6.45) is 8.16. The van der Waals surface area contributed by atoms with Crippen LogP contribution in [0.4, 0.5) is 8.78 Å². The molecule has 7 nitrogen and oxygen atoms in total. The highest BCUT2D eigenvalue weighted by atomic mass is 32.2. The van der Waals surface area contributed by atoms with Crippen LogP contribution in [0.15, 0.2) is 46.8 Å². The second kappa shape index (κ2) is 8.73. The van der Waals surface area contributed by atoms with Crippen molar-refractivity contribution < 1.29 is 8.78 Å². The molecule has 1 aliphatic heterocycles. The molecular weight excluding hydrogens is 468 g/mol. The fraction of sp³-hybridized carbons (Fsp3) is 0.360. The summed E-state index contributed by atoms with van der Waals surface area (Å²) in [5, 5.41) is 18.7. The molecule has 0 radical (unpaired) electrons. The van der Waals surface area contributed by atoms with Gasteiger partial charge >= 0.3 is 0 Å². The van der Waals surface area contributed by atoms with Crippen LogP contribution in [-0.4, -0.2) is 48.4 Å². The van der Waals surface area contributed by atoms with Crippen molar-refractivity contribution in [2.45, 2.75) is 55.1 Å². The average Bonchev–Trinajstić information content (AvgIpc) is 3.40. The van der Waals surface area contributed by atoms with Gasteiger partial charge in [-0.05, 0) is 46.7 Å². The van der Waals surface area contributed by atoms with Crippen LogP contribution < -0.4 is 0 Å². The number of pyridine rings is 2. The van der Waals surface area contributed by atoms with Gasteiger partial charge in [0.05, 0.1) is 35.7 Å². The summed E-state index contributed by atoms with van der Waals surface area (Å²) in [5.41, 5.74) is 3.80. The minimum absolute atomic E-state index is 0.0245. The molecule has 10 heteroatoms. The van der Waals surface area contributed by atoms with Crippen molar-refractivity contribution in [3.05, 3.63) is 59.8 Å². The van der Waals surface area contributed by atoms with Gasteiger partial charge < -0.3 is 4.90 Å². The third-order valence-corrected chi connectivity index (χ3v) is 7.97. The van der Waals surface area contributed by atoms with Crippen LogP contribution in [0, 0.1) is 29.9 Å². The molecule has 0 saturated carbocycles. The molecule has 4 aromatic heterocycles. The summed E-state index contributed by atoms with van der Waals surface area (Å²) in [4.78, 5) is 6.89. The maximum absolute atomic E-state index is 14.4. The van der Waals surface area contributed by atoms with E-state index >= 15 is 0 Å². The van der Waals surface area contributed by atoms with Crippen LogP contribution in [0.1, 0.15) is 44.0 Å². The van der Waals surface area contributed by atoms with E-state index in [0.717, 1.165) is 60.2 Å². The van der Waals surface area contributed by atoms with Gasteiger partial charge in [-0.15, -0.1) is 0 Å². The first kappa shape index (κ1) is 23.5. The smallest absolute Gasteiger partial charge is 0.158 e. The topological polar surface area (TPSA) is 75.0 Å². The first-order valence-electron chi connectivity index (χ1n) is 11.3. The van der Waals surface area contributed by atoms with Crippen molar-refractivity contribution in [2.75, 3.05) is 13.6 Å². The number of hydrogen-bond donors (Lipinski definition) is 0. The monoisotopic (exact) mass is 493 g/mol. The first-order valence-corrected chi connectivity index (χ1v) is 12.2. The fourth-order valence-corrected chi connectivity index (χ4v) is 5.69. The highest BCUT2D eigenvalue weighted by Gasteiger charge is 2.34. The molecule has 0 aliphatic carbocycles. The number of halogens is 2. The molecule has 0 unspecified atom stereocenters. The van der Waals surface area contributed by atoms with Crippen LogP contribution in [0.2, 0.25) is 0 Å². The van der Waals surface area contributed by atoms with Crippen LogP contribution in [0.5, 0.6) is 0 Å². The second-order valence-corrected chi connectivity index (χ2v) is 10.6. The summed E-state index contributed by atoms with van der Waals surface area (Å²) in [7, 11) is 2.16. The molecule has 1 saturated heterocycles. The Labute approximate surface area is 206 Å². The van der Waals surface area contributed by atoms with Gasteiger partial charge in [0.15, 0.2) is 5.82 Å². The lowest BCUT2D eigenvalue weighted by atomic mass is 9.87. The Balaban J connectivity index is 1.58. The van der Waals surface area contributed by atoms with Gasteiger partial charge in [0.1, 0.15) is 16.9 Å². The zero-order valence-electron chi connectivity index (χ0n) is 20.0. The van der Waals surface area contributed by atoms with E-state index in [9.17, 15) is 14.0 Å². The van der Waals surface area contributed by atoms with Gasteiger partial charge in [-0.1, -0.05) is 11.8 Å². The molecule has 180 valence electrons. The van der Waals surface area contributed by atoms with Gasteiger partial charge in [-0.2, -0.15) is 15.5 Å². The number of aromatic nitrogens is 5. The Kier molecular flexibility index (Phi) is 5.85. The summed E-state index contributed by atoms with van der Waals surface area (Å²) >= 11 is 1.04. The van der Waals surface area contributed by atoms with Crippen molar-refractivity contribution in [3.8, 4) is 17.2 Å². The summed E-state index contributed by atoms with van der Waals surface area (Å²) in [6.45, 7) is 7.56.